The van der Waals surface area contributed by atoms with E-state index in [9.17, 15) is 37.9 Å². The van der Waals surface area contributed by atoms with Gasteiger partial charge < -0.3 is 34.3 Å². The summed E-state index contributed by atoms with van der Waals surface area (Å²) < 4.78 is 54.1. The highest BCUT2D eigenvalue weighted by Crippen LogP contribution is 2.24. The van der Waals surface area contributed by atoms with Crippen molar-refractivity contribution in [1.29, 1.82) is 0 Å². The van der Waals surface area contributed by atoms with Gasteiger partial charge in [-0.2, -0.15) is 8.42 Å². The van der Waals surface area contributed by atoms with Gasteiger partial charge in [0.2, 0.25) is 0 Å². The first-order valence-corrected chi connectivity index (χ1v) is 25.5. The van der Waals surface area contributed by atoms with Crippen molar-refractivity contribution < 1.29 is 56.8 Å². The Morgan fingerprint density at radius 2 is 0.983 bits per heavy atom. The number of carbonyl (C=O) groups excluding carboxylic acids is 2. The summed E-state index contributed by atoms with van der Waals surface area (Å²) in [5.41, 5.74) is 0. The Balaban J connectivity index is 2.42. The molecule has 2 unspecified atom stereocenters. The summed E-state index contributed by atoms with van der Waals surface area (Å²) in [6, 6.07) is 0. The summed E-state index contributed by atoms with van der Waals surface area (Å²) in [5, 5.41) is 30.9. The van der Waals surface area contributed by atoms with Crippen molar-refractivity contribution in [2.45, 2.75) is 243 Å². The summed E-state index contributed by atoms with van der Waals surface area (Å²) in [6.45, 7) is 3.75. The van der Waals surface area contributed by atoms with E-state index < -0.39 is 71.2 Å². The van der Waals surface area contributed by atoms with Crippen LogP contribution in [0, 0.1) is 0 Å². The minimum absolute atomic E-state index is 0.165. The minimum atomic E-state index is -4.60. The molecule has 1 heterocycles. The monoisotopic (exact) mass is 875 g/mol. The van der Waals surface area contributed by atoms with E-state index in [0.717, 1.165) is 57.8 Å². The van der Waals surface area contributed by atoms with Gasteiger partial charge in [0.15, 0.2) is 12.4 Å². The second-order valence-corrected chi connectivity index (χ2v) is 18.3. The fourth-order valence-corrected chi connectivity index (χ4v) is 8.01. The number of carbonyl (C=O) groups is 2. The van der Waals surface area contributed by atoms with Crippen LogP contribution in [0.4, 0.5) is 0 Å². The second kappa shape index (κ2) is 37.7. The van der Waals surface area contributed by atoms with Gasteiger partial charge in [-0.3, -0.25) is 14.1 Å². The number of unbranched alkanes of at least 4 members (excludes halogenated alkanes) is 25. The molecule has 1 fully saturated rings. The van der Waals surface area contributed by atoms with Gasteiger partial charge in [0, 0.05) is 12.8 Å². The third kappa shape index (κ3) is 31.9. The highest BCUT2D eigenvalue weighted by Gasteiger charge is 2.46. The van der Waals surface area contributed by atoms with E-state index in [4.69, 9.17) is 18.9 Å². The molecule has 0 aromatic heterocycles. The molecule has 6 atom stereocenters. The van der Waals surface area contributed by atoms with Crippen LogP contribution in [-0.4, -0.2) is 96.0 Å². The largest absolute Gasteiger partial charge is 0.462 e. The van der Waals surface area contributed by atoms with E-state index in [-0.39, 0.29) is 19.4 Å². The van der Waals surface area contributed by atoms with Gasteiger partial charge in [-0.15, -0.1) is 0 Å². The highest BCUT2D eigenvalue weighted by molar-refractivity contribution is 7.85. The molecule has 13 heteroatoms. The molecule has 1 rings (SSSR count). The SMILES string of the molecule is CCCCCC/C=C/C=C/CCCCCCCC(=O)OC[C@H](CO[C@H]1O[C@H](CS(=O)(=O)O)[C@@H](O)C(O)C1O)OC(=O)CCCCCCCCCCCCCCCCCCC. The Morgan fingerprint density at radius 3 is 1.45 bits per heavy atom. The van der Waals surface area contributed by atoms with E-state index >= 15 is 0 Å². The number of esters is 2. The molecule has 0 aromatic rings. The van der Waals surface area contributed by atoms with Crippen LogP contribution in [0.15, 0.2) is 24.3 Å². The molecule has 12 nitrogen and oxygen atoms in total. The summed E-state index contributed by atoms with van der Waals surface area (Å²) in [7, 11) is -4.60. The maximum absolute atomic E-state index is 12.8. The predicted molar refractivity (Wildman–Crippen MR) is 238 cm³/mol. The van der Waals surface area contributed by atoms with Crippen LogP contribution in [0.3, 0.4) is 0 Å². The number of aliphatic hydroxyl groups is 3. The lowest BCUT2D eigenvalue weighted by Crippen LogP contribution is -2.60. The van der Waals surface area contributed by atoms with Crippen LogP contribution < -0.4 is 0 Å². The van der Waals surface area contributed by atoms with Gasteiger partial charge in [-0.05, 0) is 38.5 Å². The Morgan fingerprint density at radius 1 is 0.567 bits per heavy atom. The third-order valence-electron chi connectivity index (χ3n) is 11.1. The summed E-state index contributed by atoms with van der Waals surface area (Å²) >= 11 is 0. The lowest BCUT2D eigenvalue weighted by Gasteiger charge is -2.40. The zero-order chi connectivity index (χ0) is 44.1. The molecule has 0 aliphatic carbocycles. The molecule has 0 bridgehead atoms. The first kappa shape index (κ1) is 56.1. The topological polar surface area (TPSA) is 186 Å². The van der Waals surface area contributed by atoms with Gasteiger partial charge in [0.1, 0.15) is 36.8 Å². The van der Waals surface area contributed by atoms with Crippen LogP contribution in [0.5, 0.6) is 0 Å². The van der Waals surface area contributed by atoms with Crippen molar-refractivity contribution in [2.24, 2.45) is 0 Å². The van der Waals surface area contributed by atoms with E-state index in [1.807, 2.05) is 0 Å². The number of rotatable bonds is 40. The lowest BCUT2D eigenvalue weighted by molar-refractivity contribution is -0.297. The molecule has 60 heavy (non-hydrogen) atoms. The van der Waals surface area contributed by atoms with Crippen molar-refractivity contribution in [1.82, 2.24) is 0 Å². The number of allylic oxidation sites excluding steroid dienone is 4. The lowest BCUT2D eigenvalue weighted by atomic mass is 10.00. The van der Waals surface area contributed by atoms with Crippen LogP contribution in [0.25, 0.3) is 0 Å². The smallest absolute Gasteiger partial charge is 0.306 e. The molecule has 0 radical (unpaired) electrons. The van der Waals surface area contributed by atoms with Crippen molar-refractivity contribution in [3.05, 3.63) is 24.3 Å². The average molecular weight is 875 g/mol. The average Bonchev–Trinajstić information content (AvgIpc) is 3.21. The second-order valence-electron chi connectivity index (χ2n) is 16.8. The van der Waals surface area contributed by atoms with Gasteiger partial charge in [0.25, 0.3) is 10.1 Å². The molecule has 1 saturated heterocycles. The fourth-order valence-electron chi connectivity index (χ4n) is 7.32. The molecule has 0 spiro atoms. The first-order chi connectivity index (χ1) is 29.0. The van der Waals surface area contributed by atoms with Crippen LogP contribution >= 0.6 is 0 Å². The number of hydrogen-bond donors (Lipinski definition) is 4. The Labute approximate surface area is 364 Å². The number of ether oxygens (including phenoxy) is 4. The maximum atomic E-state index is 12.8. The van der Waals surface area contributed by atoms with Gasteiger partial charge in [-0.1, -0.05) is 179 Å². The van der Waals surface area contributed by atoms with Crippen LogP contribution in [0.1, 0.15) is 206 Å². The molecule has 1 aliphatic heterocycles. The van der Waals surface area contributed by atoms with Crippen LogP contribution in [-0.2, 0) is 38.7 Å². The third-order valence-corrected chi connectivity index (χ3v) is 11.8. The van der Waals surface area contributed by atoms with Crippen molar-refractivity contribution >= 4 is 22.1 Å². The molecule has 1 aliphatic rings. The van der Waals surface area contributed by atoms with Crippen molar-refractivity contribution in [3.8, 4) is 0 Å². The normalized spacial score (nSPS) is 20.3. The fraction of sp³-hybridized carbons (Fsp3) is 0.872. The number of hydrogen-bond acceptors (Lipinski definition) is 11. The van der Waals surface area contributed by atoms with E-state index in [1.165, 1.54) is 109 Å². The summed E-state index contributed by atoms with van der Waals surface area (Å²) in [4.78, 5) is 25.4. The van der Waals surface area contributed by atoms with Gasteiger partial charge in [-0.25, -0.2) is 0 Å². The van der Waals surface area contributed by atoms with E-state index in [0.29, 0.717) is 12.8 Å². The molecule has 4 N–H and O–H groups in total. The summed E-state index contributed by atoms with van der Waals surface area (Å²) in [5.74, 6) is -1.99. The molecule has 0 amide bonds. The van der Waals surface area contributed by atoms with E-state index in [1.54, 1.807) is 0 Å². The Kier molecular flexibility index (Phi) is 35.2. The summed E-state index contributed by atoms with van der Waals surface area (Å²) in [6.07, 6.45) is 32.2. The Bertz CT molecular complexity index is 1210. The van der Waals surface area contributed by atoms with Gasteiger partial charge in [0.05, 0.1) is 6.61 Å². The minimum Gasteiger partial charge on any atom is -0.462 e. The van der Waals surface area contributed by atoms with Crippen molar-refractivity contribution in [2.75, 3.05) is 19.0 Å². The zero-order valence-electron chi connectivity index (χ0n) is 37.6. The van der Waals surface area contributed by atoms with Crippen LogP contribution in [0.2, 0.25) is 0 Å². The first-order valence-electron chi connectivity index (χ1n) is 23.9. The molecule has 0 saturated carbocycles. The predicted octanol–water partition coefficient (Wildman–Crippen LogP) is 10.0. The van der Waals surface area contributed by atoms with Crippen molar-refractivity contribution in [3.63, 3.8) is 0 Å². The highest BCUT2D eigenvalue weighted by atomic mass is 32.2. The van der Waals surface area contributed by atoms with Gasteiger partial charge >= 0.3 is 11.9 Å². The molecule has 352 valence electrons. The molecular weight excluding hydrogens is 789 g/mol. The molecule has 0 aromatic carbocycles. The van der Waals surface area contributed by atoms with E-state index in [2.05, 4.69) is 38.2 Å². The number of aliphatic hydroxyl groups excluding tert-OH is 3. The standard InChI is InChI=1S/C47H86O12S/c1-3-5-7-9-11-13-15-17-19-20-22-24-26-28-30-32-34-36-43(49)58-40(38-57-47-46(52)45(51)44(50)41(59-47)39-60(53,54)55)37-56-42(48)35-33-31-29-27-25-23-21-18-16-14-12-10-8-6-4-2/h14,16,18,21,40-41,44-47,50-52H,3-13,15,17,19-20,22-39H2,1-2H3,(H,53,54,55)/b16-14+,21-18+/t40-,41-,44-,45?,46?,47+/m1/s1. The Hall–Kier alpha value is -1.87. The quantitative estimate of drug-likeness (QED) is 0.0198. The maximum Gasteiger partial charge on any atom is 0.306 e. The zero-order valence-corrected chi connectivity index (χ0v) is 38.4. The molecular formula is C47H86O12S.